The van der Waals surface area contributed by atoms with E-state index in [0.717, 1.165) is 43.7 Å². The molecule has 39 heavy (non-hydrogen) atoms. The van der Waals surface area contributed by atoms with Crippen molar-refractivity contribution in [3.63, 3.8) is 0 Å². The van der Waals surface area contributed by atoms with E-state index < -0.39 is 0 Å². The van der Waals surface area contributed by atoms with E-state index in [-0.39, 0.29) is 11.9 Å². The zero-order valence-electron chi connectivity index (χ0n) is 23.0. The summed E-state index contributed by atoms with van der Waals surface area (Å²) in [5.41, 5.74) is 6.12. The Morgan fingerprint density at radius 1 is 0.897 bits per heavy atom. The van der Waals surface area contributed by atoms with Crippen LogP contribution in [0.5, 0.6) is 0 Å². The molecule has 0 unspecified atom stereocenters. The summed E-state index contributed by atoms with van der Waals surface area (Å²) in [5.74, 6) is 0.756. The molecule has 3 aromatic rings. The van der Waals surface area contributed by atoms with Crippen LogP contribution >= 0.6 is 0 Å². The third kappa shape index (κ3) is 5.33. The number of piperazine rings is 1. The summed E-state index contributed by atoms with van der Waals surface area (Å²) >= 11 is 0. The van der Waals surface area contributed by atoms with Gasteiger partial charge in [0.15, 0.2) is 0 Å². The third-order valence-corrected chi connectivity index (χ3v) is 9.08. The van der Waals surface area contributed by atoms with Gasteiger partial charge in [0.1, 0.15) is 0 Å². The molecule has 204 valence electrons. The second-order valence-electron chi connectivity index (χ2n) is 11.3. The third-order valence-electron chi connectivity index (χ3n) is 9.08. The first-order valence-corrected chi connectivity index (χ1v) is 14.6. The molecule has 3 aliphatic rings. The van der Waals surface area contributed by atoms with Gasteiger partial charge in [-0.1, -0.05) is 31.2 Å². The molecule has 0 atom stereocenters. The molecule has 0 N–H and O–H groups in total. The van der Waals surface area contributed by atoms with Gasteiger partial charge in [-0.25, -0.2) is 9.31 Å². The summed E-state index contributed by atoms with van der Waals surface area (Å²) in [5, 5.41) is 13.7. The van der Waals surface area contributed by atoms with E-state index >= 15 is 0 Å². The number of piperidine rings is 2. The number of nitrogens with zero attached hydrogens (tertiary/aromatic N) is 7. The van der Waals surface area contributed by atoms with Crippen molar-refractivity contribution in [2.24, 2.45) is 5.92 Å². The maximum atomic E-state index is 13.1. The van der Waals surface area contributed by atoms with Crippen LogP contribution in [0.3, 0.4) is 0 Å². The minimum atomic E-state index is 0.0915. The number of amides is 2. The molecule has 8 heteroatoms. The monoisotopic (exact) mass is 525 g/mol. The summed E-state index contributed by atoms with van der Waals surface area (Å²) in [7, 11) is 0. The minimum Gasteiger partial charge on any atom is -0.366 e. The fraction of sp³-hybridized carbons (Fsp3) is 0.516. The molecule has 0 bridgehead atoms. The van der Waals surface area contributed by atoms with Crippen molar-refractivity contribution in [2.75, 3.05) is 63.8 Å². The van der Waals surface area contributed by atoms with Crippen LogP contribution in [0.4, 0.5) is 10.5 Å². The maximum Gasteiger partial charge on any atom is 0.320 e. The van der Waals surface area contributed by atoms with Gasteiger partial charge >= 0.3 is 6.03 Å². The van der Waals surface area contributed by atoms with Gasteiger partial charge in [-0.05, 0) is 74.5 Å². The highest BCUT2D eigenvalue weighted by atomic mass is 16.2. The molecular formula is C31H39N7O. The van der Waals surface area contributed by atoms with Crippen LogP contribution in [0, 0.1) is 17.2 Å². The smallest absolute Gasteiger partial charge is 0.320 e. The van der Waals surface area contributed by atoms with Gasteiger partial charge in [-0.3, -0.25) is 0 Å². The van der Waals surface area contributed by atoms with Crippen molar-refractivity contribution in [3.05, 3.63) is 54.4 Å². The minimum absolute atomic E-state index is 0.0915. The Balaban J connectivity index is 1.11. The van der Waals surface area contributed by atoms with Gasteiger partial charge in [0.25, 0.3) is 0 Å². The lowest BCUT2D eigenvalue weighted by atomic mass is 9.88. The van der Waals surface area contributed by atoms with Crippen molar-refractivity contribution >= 4 is 17.2 Å². The summed E-state index contributed by atoms with van der Waals surface area (Å²) in [4.78, 5) is 21.9. The van der Waals surface area contributed by atoms with Crippen LogP contribution in [-0.4, -0.2) is 89.2 Å². The Bertz CT molecular complexity index is 1320. The second-order valence-corrected chi connectivity index (χ2v) is 11.3. The number of rotatable bonds is 4. The zero-order valence-corrected chi connectivity index (χ0v) is 23.0. The maximum absolute atomic E-state index is 13.1. The van der Waals surface area contributed by atoms with E-state index in [1.54, 1.807) is 0 Å². The van der Waals surface area contributed by atoms with Gasteiger partial charge in [0.05, 0.1) is 17.3 Å². The number of nitriles is 1. The first kappa shape index (κ1) is 25.7. The van der Waals surface area contributed by atoms with Crippen LogP contribution < -0.4 is 4.90 Å². The van der Waals surface area contributed by atoms with Crippen molar-refractivity contribution in [3.8, 4) is 17.2 Å². The quantitative estimate of drug-likeness (QED) is 0.495. The summed E-state index contributed by atoms with van der Waals surface area (Å²) in [6, 6.07) is 16.0. The summed E-state index contributed by atoms with van der Waals surface area (Å²) in [6.07, 6.45) is 8.06. The predicted octanol–water partition coefficient (Wildman–Crippen LogP) is 4.68. The molecule has 8 nitrogen and oxygen atoms in total. The molecule has 5 heterocycles. The average molecular weight is 526 g/mol. The lowest BCUT2D eigenvalue weighted by Gasteiger charge is -2.40. The summed E-state index contributed by atoms with van der Waals surface area (Å²) in [6.45, 7) is 10.2. The number of carbonyl (C=O) groups excluding carboxylic acids is 1. The first-order chi connectivity index (χ1) is 19.1. The number of fused-ring (bicyclic) bond motifs is 1. The number of anilines is 1. The topological polar surface area (TPSA) is 71.1 Å². The highest BCUT2D eigenvalue weighted by Gasteiger charge is 2.29. The van der Waals surface area contributed by atoms with Crippen molar-refractivity contribution < 1.29 is 4.79 Å². The van der Waals surface area contributed by atoms with E-state index in [0.29, 0.717) is 32.1 Å². The van der Waals surface area contributed by atoms with E-state index in [2.05, 4.69) is 70.5 Å². The number of carbonyl (C=O) groups is 1. The average Bonchev–Trinajstić information content (AvgIpc) is 3.46. The van der Waals surface area contributed by atoms with E-state index in [9.17, 15) is 4.79 Å². The van der Waals surface area contributed by atoms with Crippen molar-refractivity contribution in [1.82, 2.24) is 24.3 Å². The highest BCUT2D eigenvalue weighted by Crippen LogP contribution is 2.32. The van der Waals surface area contributed by atoms with E-state index in [1.807, 2.05) is 20.5 Å². The molecule has 0 aliphatic carbocycles. The molecular weight excluding hydrogens is 486 g/mol. The van der Waals surface area contributed by atoms with Gasteiger partial charge in [0.2, 0.25) is 0 Å². The predicted molar refractivity (Wildman–Crippen MR) is 154 cm³/mol. The van der Waals surface area contributed by atoms with Crippen LogP contribution in [-0.2, 0) is 0 Å². The second kappa shape index (κ2) is 11.3. The number of urea groups is 1. The SMILES string of the molecule is CCN1CCC(c2ccc(-c3cc4c(N5CCN(C(=O)N6CCC(C#N)CC6)CC5)ccnn4c3)cc2)CC1. The van der Waals surface area contributed by atoms with Gasteiger partial charge in [0, 0.05) is 63.1 Å². The van der Waals surface area contributed by atoms with Crippen LogP contribution in [0.2, 0.25) is 0 Å². The fourth-order valence-corrected chi connectivity index (χ4v) is 6.49. The number of hydrogen-bond donors (Lipinski definition) is 0. The fourth-order valence-electron chi connectivity index (χ4n) is 6.49. The van der Waals surface area contributed by atoms with E-state index in [1.165, 1.54) is 42.6 Å². The first-order valence-electron chi connectivity index (χ1n) is 14.6. The molecule has 2 amide bonds. The normalized spacial score (nSPS) is 19.9. The Hall–Kier alpha value is -3.57. The lowest BCUT2D eigenvalue weighted by Crippen LogP contribution is -2.54. The summed E-state index contributed by atoms with van der Waals surface area (Å²) < 4.78 is 1.98. The van der Waals surface area contributed by atoms with Gasteiger partial charge in [-0.2, -0.15) is 10.4 Å². The molecule has 3 fully saturated rings. The molecule has 6 rings (SSSR count). The number of benzene rings is 1. The molecule has 3 saturated heterocycles. The number of hydrogen-bond acceptors (Lipinski definition) is 5. The Morgan fingerprint density at radius 2 is 1.59 bits per heavy atom. The Kier molecular flexibility index (Phi) is 7.43. The van der Waals surface area contributed by atoms with Crippen LogP contribution in [0.25, 0.3) is 16.6 Å². The Morgan fingerprint density at radius 3 is 2.26 bits per heavy atom. The molecule has 0 radical (unpaired) electrons. The largest absolute Gasteiger partial charge is 0.366 e. The van der Waals surface area contributed by atoms with Crippen LogP contribution in [0.15, 0.2) is 48.8 Å². The molecule has 1 aromatic carbocycles. The molecule has 0 spiro atoms. The van der Waals surface area contributed by atoms with Crippen molar-refractivity contribution in [2.45, 2.75) is 38.5 Å². The highest BCUT2D eigenvalue weighted by molar-refractivity contribution is 5.80. The van der Waals surface area contributed by atoms with Gasteiger partial charge < -0.3 is 19.6 Å². The lowest BCUT2D eigenvalue weighted by molar-refractivity contribution is 0.135. The van der Waals surface area contributed by atoms with Gasteiger partial charge in [-0.15, -0.1) is 0 Å². The number of likely N-dealkylation sites (tertiary alicyclic amines) is 2. The molecule has 2 aromatic heterocycles. The van der Waals surface area contributed by atoms with Crippen molar-refractivity contribution in [1.29, 1.82) is 5.26 Å². The van der Waals surface area contributed by atoms with E-state index in [4.69, 9.17) is 5.26 Å². The Labute approximate surface area is 231 Å². The zero-order chi connectivity index (χ0) is 26.8. The number of aromatic nitrogens is 2. The molecule has 0 saturated carbocycles. The standard InChI is InChI=1S/C31H39N7O/c1-2-34-13-10-27(11-14-34)25-3-5-26(6-4-25)28-21-30-29(7-12-33-38(30)23-28)35-17-19-37(20-18-35)31(39)36-15-8-24(22-32)9-16-36/h3-7,12,21,23-24,27H,2,8-11,13-20H2,1H3. The van der Waals surface area contributed by atoms with Crippen LogP contribution in [0.1, 0.15) is 44.1 Å². The molecule has 3 aliphatic heterocycles.